The maximum Gasteiger partial charge on any atom is 0.409 e. The van der Waals surface area contributed by atoms with E-state index in [9.17, 15) is 4.79 Å². The van der Waals surface area contributed by atoms with Crippen molar-refractivity contribution in [2.75, 3.05) is 25.0 Å². The van der Waals surface area contributed by atoms with Crippen LogP contribution in [-0.2, 0) is 4.74 Å². The molecule has 1 N–H and O–H groups in total. The fourth-order valence-electron chi connectivity index (χ4n) is 1.82. The SMILES string of the molecule is CC(CCCN1CCOC1=O)Nc1ncncn1. The Morgan fingerprint density at radius 3 is 2.94 bits per heavy atom. The second kappa shape index (κ2) is 6.13. The van der Waals surface area contributed by atoms with Gasteiger partial charge in [-0.15, -0.1) is 0 Å². The molecule has 2 rings (SSSR count). The van der Waals surface area contributed by atoms with Gasteiger partial charge in [-0.3, -0.25) is 0 Å². The molecule has 98 valence electrons. The van der Waals surface area contributed by atoms with Gasteiger partial charge in [-0.2, -0.15) is 0 Å². The molecule has 1 atom stereocenters. The minimum absolute atomic E-state index is 0.201. The molecule has 1 aromatic heterocycles. The fourth-order valence-corrected chi connectivity index (χ4v) is 1.82. The Morgan fingerprint density at radius 1 is 1.50 bits per heavy atom. The van der Waals surface area contributed by atoms with Gasteiger partial charge < -0.3 is 15.0 Å². The number of anilines is 1. The lowest BCUT2D eigenvalue weighted by Gasteiger charge is -2.16. The summed E-state index contributed by atoms with van der Waals surface area (Å²) in [5.41, 5.74) is 0. The molecule has 1 saturated heterocycles. The topological polar surface area (TPSA) is 80.2 Å². The maximum atomic E-state index is 11.2. The summed E-state index contributed by atoms with van der Waals surface area (Å²) in [7, 11) is 0. The van der Waals surface area contributed by atoms with Crippen LogP contribution in [0.3, 0.4) is 0 Å². The van der Waals surface area contributed by atoms with Gasteiger partial charge in [-0.05, 0) is 19.8 Å². The molecule has 1 amide bonds. The van der Waals surface area contributed by atoms with E-state index < -0.39 is 0 Å². The van der Waals surface area contributed by atoms with E-state index in [1.165, 1.54) is 12.7 Å². The molecule has 1 aliphatic heterocycles. The van der Waals surface area contributed by atoms with Gasteiger partial charge in [-0.25, -0.2) is 19.7 Å². The minimum atomic E-state index is -0.201. The van der Waals surface area contributed by atoms with Gasteiger partial charge in [0.25, 0.3) is 0 Å². The van der Waals surface area contributed by atoms with Gasteiger partial charge in [-0.1, -0.05) is 0 Å². The lowest BCUT2D eigenvalue weighted by Crippen LogP contribution is -2.27. The summed E-state index contributed by atoms with van der Waals surface area (Å²) in [5, 5.41) is 3.18. The lowest BCUT2D eigenvalue weighted by molar-refractivity contribution is 0.158. The molecule has 0 aliphatic carbocycles. The Morgan fingerprint density at radius 2 is 2.28 bits per heavy atom. The summed E-state index contributed by atoms with van der Waals surface area (Å²) in [6.07, 6.45) is 4.59. The van der Waals surface area contributed by atoms with Crippen LogP contribution in [0, 0.1) is 0 Å². The number of hydrogen-bond acceptors (Lipinski definition) is 6. The second-order valence-electron chi connectivity index (χ2n) is 4.25. The van der Waals surface area contributed by atoms with Crippen molar-refractivity contribution < 1.29 is 9.53 Å². The number of cyclic esters (lactones) is 1. The molecular weight excluding hydrogens is 234 g/mol. The van der Waals surface area contributed by atoms with Crippen LogP contribution in [0.15, 0.2) is 12.7 Å². The lowest BCUT2D eigenvalue weighted by atomic mass is 10.2. The van der Waals surface area contributed by atoms with Crippen molar-refractivity contribution >= 4 is 12.0 Å². The standard InChI is InChI=1S/C11H17N5O2/c1-9(15-10-13-7-12-8-14-10)3-2-4-16-5-6-18-11(16)17/h7-9H,2-6H2,1H3,(H,12,13,14,15). The number of nitrogens with zero attached hydrogens (tertiary/aromatic N) is 4. The molecule has 1 unspecified atom stereocenters. The van der Waals surface area contributed by atoms with E-state index >= 15 is 0 Å². The molecule has 1 fully saturated rings. The van der Waals surface area contributed by atoms with Crippen LogP contribution < -0.4 is 5.32 Å². The smallest absolute Gasteiger partial charge is 0.409 e. The third-order valence-corrected chi connectivity index (χ3v) is 2.78. The third-order valence-electron chi connectivity index (χ3n) is 2.78. The summed E-state index contributed by atoms with van der Waals surface area (Å²) >= 11 is 0. The number of amides is 1. The first-order valence-corrected chi connectivity index (χ1v) is 6.06. The van der Waals surface area contributed by atoms with Crippen LogP contribution in [-0.4, -0.2) is 51.7 Å². The summed E-state index contributed by atoms with van der Waals surface area (Å²) in [6, 6.07) is 0.256. The van der Waals surface area contributed by atoms with Gasteiger partial charge in [0.05, 0.1) is 6.54 Å². The second-order valence-corrected chi connectivity index (χ2v) is 4.25. The van der Waals surface area contributed by atoms with Gasteiger partial charge >= 0.3 is 6.09 Å². The Hall–Kier alpha value is -1.92. The van der Waals surface area contributed by atoms with Crippen molar-refractivity contribution in [3.63, 3.8) is 0 Å². The van der Waals surface area contributed by atoms with Crippen molar-refractivity contribution in [3.8, 4) is 0 Å². The molecule has 1 aliphatic rings. The summed E-state index contributed by atoms with van der Waals surface area (Å²) in [4.78, 5) is 24.7. The van der Waals surface area contributed by atoms with E-state index in [1.54, 1.807) is 4.90 Å². The normalized spacial score (nSPS) is 16.5. The average Bonchev–Trinajstić information content (AvgIpc) is 2.76. The van der Waals surface area contributed by atoms with Crippen molar-refractivity contribution in [2.24, 2.45) is 0 Å². The first kappa shape index (κ1) is 12.5. The van der Waals surface area contributed by atoms with Gasteiger partial charge in [0, 0.05) is 12.6 Å². The molecule has 7 nitrogen and oxygen atoms in total. The van der Waals surface area contributed by atoms with Crippen molar-refractivity contribution in [1.82, 2.24) is 19.9 Å². The van der Waals surface area contributed by atoms with Crippen molar-refractivity contribution in [1.29, 1.82) is 0 Å². The van der Waals surface area contributed by atoms with Gasteiger partial charge in [0.1, 0.15) is 19.3 Å². The van der Waals surface area contributed by atoms with Crippen LogP contribution in [0.5, 0.6) is 0 Å². The predicted octanol–water partition coefficient (Wildman–Crippen LogP) is 0.904. The average molecular weight is 251 g/mol. The van der Waals surface area contributed by atoms with Crippen LogP contribution >= 0.6 is 0 Å². The number of rotatable bonds is 6. The third kappa shape index (κ3) is 3.54. The highest BCUT2D eigenvalue weighted by Gasteiger charge is 2.21. The Balaban J connectivity index is 1.66. The molecule has 2 heterocycles. The first-order chi connectivity index (χ1) is 8.75. The number of carbonyl (C=O) groups excluding carboxylic acids is 1. The highest BCUT2D eigenvalue weighted by molar-refractivity contribution is 5.69. The van der Waals surface area contributed by atoms with E-state index in [0.717, 1.165) is 19.4 Å². The highest BCUT2D eigenvalue weighted by Crippen LogP contribution is 2.08. The number of carbonyl (C=O) groups is 1. The van der Waals surface area contributed by atoms with E-state index in [-0.39, 0.29) is 12.1 Å². The number of nitrogens with one attached hydrogen (secondary N) is 1. The Labute approximate surface area is 106 Å². The number of ether oxygens (including phenoxy) is 1. The van der Waals surface area contributed by atoms with Gasteiger partial charge in [0.15, 0.2) is 0 Å². The predicted molar refractivity (Wildman–Crippen MR) is 65.1 cm³/mol. The molecule has 0 bridgehead atoms. The molecule has 1 aromatic rings. The molecule has 7 heteroatoms. The van der Waals surface area contributed by atoms with Crippen LogP contribution in [0.2, 0.25) is 0 Å². The van der Waals surface area contributed by atoms with E-state index in [4.69, 9.17) is 4.74 Å². The summed E-state index contributed by atoms with van der Waals surface area (Å²) in [5.74, 6) is 0.582. The first-order valence-electron chi connectivity index (χ1n) is 6.06. The number of aromatic nitrogens is 3. The Kier molecular flexibility index (Phi) is 4.27. The fraction of sp³-hybridized carbons (Fsp3) is 0.636. The van der Waals surface area contributed by atoms with Gasteiger partial charge in [0.2, 0.25) is 5.95 Å². The monoisotopic (exact) mass is 251 g/mol. The van der Waals surface area contributed by atoms with Crippen molar-refractivity contribution in [2.45, 2.75) is 25.8 Å². The summed E-state index contributed by atoms with van der Waals surface area (Å²) in [6.45, 7) is 4.01. The van der Waals surface area contributed by atoms with E-state index in [1.807, 2.05) is 0 Å². The highest BCUT2D eigenvalue weighted by atomic mass is 16.6. The van der Waals surface area contributed by atoms with Crippen LogP contribution in [0.1, 0.15) is 19.8 Å². The summed E-state index contributed by atoms with van der Waals surface area (Å²) < 4.78 is 4.86. The molecular formula is C11H17N5O2. The quantitative estimate of drug-likeness (QED) is 0.809. The largest absolute Gasteiger partial charge is 0.448 e. The van der Waals surface area contributed by atoms with Crippen molar-refractivity contribution in [3.05, 3.63) is 12.7 Å². The minimum Gasteiger partial charge on any atom is -0.448 e. The zero-order valence-corrected chi connectivity index (χ0v) is 10.4. The Bertz CT molecular complexity index is 386. The molecule has 0 radical (unpaired) electrons. The molecule has 0 aromatic carbocycles. The van der Waals surface area contributed by atoms with E-state index in [2.05, 4.69) is 27.2 Å². The van der Waals surface area contributed by atoms with Crippen LogP contribution in [0.25, 0.3) is 0 Å². The molecule has 18 heavy (non-hydrogen) atoms. The zero-order valence-electron chi connectivity index (χ0n) is 10.4. The zero-order chi connectivity index (χ0) is 12.8. The number of hydrogen-bond donors (Lipinski definition) is 1. The molecule has 0 spiro atoms. The molecule has 0 saturated carbocycles. The maximum absolute atomic E-state index is 11.2. The van der Waals surface area contributed by atoms with Crippen LogP contribution in [0.4, 0.5) is 10.7 Å². The van der Waals surface area contributed by atoms with E-state index in [0.29, 0.717) is 19.1 Å².